The first-order chi connectivity index (χ1) is 9.38. The number of nitrogens with zero attached hydrogens (tertiary/aromatic N) is 2. The van der Waals surface area contributed by atoms with Gasteiger partial charge in [-0.05, 0) is 24.9 Å². The zero-order valence-corrected chi connectivity index (χ0v) is 11.7. The number of hydrogen-bond acceptors (Lipinski definition) is 5. The maximum absolute atomic E-state index is 5.60. The number of benzene rings is 1. The van der Waals surface area contributed by atoms with Gasteiger partial charge in [0, 0.05) is 12.2 Å². The van der Waals surface area contributed by atoms with Crippen LogP contribution in [0.5, 0.6) is 0 Å². The Morgan fingerprint density at radius 2 is 1.89 bits per heavy atom. The van der Waals surface area contributed by atoms with E-state index in [1.54, 1.807) is 11.8 Å². The van der Waals surface area contributed by atoms with Gasteiger partial charge >= 0.3 is 0 Å². The van der Waals surface area contributed by atoms with E-state index in [4.69, 9.17) is 10.2 Å². The van der Waals surface area contributed by atoms with E-state index in [9.17, 15) is 0 Å². The fourth-order valence-electron chi connectivity index (χ4n) is 1.71. The van der Waals surface area contributed by atoms with E-state index in [-0.39, 0.29) is 0 Å². The maximum atomic E-state index is 5.60. The van der Waals surface area contributed by atoms with Gasteiger partial charge in [0.25, 0.3) is 5.22 Å². The van der Waals surface area contributed by atoms with E-state index < -0.39 is 0 Å². The predicted molar refractivity (Wildman–Crippen MR) is 76.9 cm³/mol. The van der Waals surface area contributed by atoms with Crippen molar-refractivity contribution in [3.63, 3.8) is 0 Å². The maximum Gasteiger partial charge on any atom is 0.276 e. The summed E-state index contributed by atoms with van der Waals surface area (Å²) in [7, 11) is 0. The van der Waals surface area contributed by atoms with Crippen molar-refractivity contribution in [2.24, 2.45) is 5.73 Å². The molecule has 0 atom stereocenters. The molecular formula is C14H19N3OS. The lowest BCUT2D eigenvalue weighted by atomic mass is 10.2. The van der Waals surface area contributed by atoms with Gasteiger partial charge in [-0.3, -0.25) is 0 Å². The fourth-order valence-corrected chi connectivity index (χ4v) is 2.45. The van der Waals surface area contributed by atoms with E-state index in [2.05, 4.69) is 22.3 Å². The summed E-state index contributed by atoms with van der Waals surface area (Å²) in [6, 6.07) is 10.3. The van der Waals surface area contributed by atoms with Crippen molar-refractivity contribution >= 4 is 11.8 Å². The molecule has 1 aromatic heterocycles. The van der Waals surface area contributed by atoms with Crippen LogP contribution in [0.15, 0.2) is 40.0 Å². The molecule has 0 spiro atoms. The molecule has 2 N–H and O–H groups in total. The van der Waals surface area contributed by atoms with Crippen LogP contribution in [0, 0.1) is 0 Å². The number of unbranched alkanes of at least 4 members (excludes halogenated alkanes) is 2. The van der Waals surface area contributed by atoms with Crippen molar-refractivity contribution in [2.75, 3.05) is 6.54 Å². The summed E-state index contributed by atoms with van der Waals surface area (Å²) in [5.74, 6) is 1.59. The average Bonchev–Trinajstić information content (AvgIpc) is 2.91. The van der Waals surface area contributed by atoms with Gasteiger partial charge in [0.15, 0.2) is 0 Å². The van der Waals surface area contributed by atoms with Crippen molar-refractivity contribution in [2.45, 2.75) is 36.7 Å². The van der Waals surface area contributed by atoms with Gasteiger partial charge in [0.1, 0.15) is 0 Å². The van der Waals surface area contributed by atoms with Crippen LogP contribution >= 0.6 is 11.8 Å². The van der Waals surface area contributed by atoms with Crippen LogP contribution in [0.1, 0.15) is 30.7 Å². The summed E-state index contributed by atoms with van der Waals surface area (Å²) in [6.45, 7) is 0.752. The Morgan fingerprint density at radius 3 is 2.68 bits per heavy atom. The molecular weight excluding hydrogens is 258 g/mol. The minimum absolute atomic E-state index is 0.651. The molecule has 0 aliphatic heterocycles. The molecule has 2 rings (SSSR count). The van der Waals surface area contributed by atoms with Crippen LogP contribution in [0.25, 0.3) is 0 Å². The first-order valence-electron chi connectivity index (χ1n) is 6.57. The molecule has 0 radical (unpaired) electrons. The minimum Gasteiger partial charge on any atom is -0.416 e. The van der Waals surface area contributed by atoms with Gasteiger partial charge in [-0.15, -0.1) is 10.2 Å². The Kier molecular flexibility index (Phi) is 5.91. The highest BCUT2D eigenvalue weighted by atomic mass is 32.2. The number of hydrogen-bond donors (Lipinski definition) is 1. The van der Waals surface area contributed by atoms with Gasteiger partial charge in [-0.25, -0.2) is 0 Å². The van der Waals surface area contributed by atoms with Crippen LogP contribution in [-0.4, -0.2) is 16.7 Å². The van der Waals surface area contributed by atoms with Gasteiger partial charge in [-0.1, -0.05) is 48.5 Å². The Balaban J connectivity index is 1.74. The topological polar surface area (TPSA) is 64.9 Å². The molecule has 5 heteroatoms. The summed E-state index contributed by atoms with van der Waals surface area (Å²) in [6.07, 6.45) is 4.08. The van der Waals surface area contributed by atoms with Crippen molar-refractivity contribution in [1.29, 1.82) is 0 Å². The molecule has 1 heterocycles. The van der Waals surface area contributed by atoms with Gasteiger partial charge in [-0.2, -0.15) is 0 Å². The van der Waals surface area contributed by atoms with Crippen molar-refractivity contribution in [1.82, 2.24) is 10.2 Å². The second-order valence-corrected chi connectivity index (χ2v) is 5.26. The first-order valence-corrected chi connectivity index (χ1v) is 7.56. The smallest absolute Gasteiger partial charge is 0.276 e. The Morgan fingerprint density at radius 1 is 1.05 bits per heavy atom. The lowest BCUT2D eigenvalue weighted by molar-refractivity contribution is 0.407. The van der Waals surface area contributed by atoms with Crippen LogP contribution in [-0.2, 0) is 12.2 Å². The highest BCUT2D eigenvalue weighted by molar-refractivity contribution is 7.98. The van der Waals surface area contributed by atoms with Crippen LogP contribution in [0.3, 0.4) is 0 Å². The number of rotatable bonds is 8. The van der Waals surface area contributed by atoms with E-state index in [1.165, 1.54) is 5.56 Å². The standard InChI is InChI=1S/C14H19N3OS/c15-10-6-2-5-9-13-16-17-14(18-13)19-11-12-7-3-1-4-8-12/h1,3-4,7-8H,2,5-6,9-11,15H2. The van der Waals surface area contributed by atoms with E-state index in [0.29, 0.717) is 5.22 Å². The molecule has 19 heavy (non-hydrogen) atoms. The van der Waals surface area contributed by atoms with Gasteiger partial charge < -0.3 is 10.2 Å². The molecule has 2 aromatic rings. The number of thioether (sulfide) groups is 1. The summed E-state index contributed by atoms with van der Waals surface area (Å²) in [4.78, 5) is 0. The molecule has 4 nitrogen and oxygen atoms in total. The van der Waals surface area contributed by atoms with E-state index in [0.717, 1.165) is 43.9 Å². The first kappa shape index (κ1) is 14.1. The average molecular weight is 277 g/mol. The molecule has 1 aromatic carbocycles. The van der Waals surface area contributed by atoms with Crippen LogP contribution in [0.4, 0.5) is 0 Å². The van der Waals surface area contributed by atoms with Crippen molar-refractivity contribution in [3.05, 3.63) is 41.8 Å². The summed E-state index contributed by atoms with van der Waals surface area (Å²) in [5.41, 5.74) is 6.71. The quantitative estimate of drug-likeness (QED) is 0.593. The molecule has 0 bridgehead atoms. The van der Waals surface area contributed by atoms with Crippen LogP contribution in [0.2, 0.25) is 0 Å². The zero-order chi connectivity index (χ0) is 13.3. The van der Waals surface area contributed by atoms with Crippen LogP contribution < -0.4 is 5.73 Å². The highest BCUT2D eigenvalue weighted by Crippen LogP contribution is 2.21. The lowest BCUT2D eigenvalue weighted by Gasteiger charge is -1.97. The van der Waals surface area contributed by atoms with E-state index in [1.807, 2.05) is 18.2 Å². The molecule has 0 saturated heterocycles. The third kappa shape index (κ3) is 5.04. The molecule has 0 fully saturated rings. The summed E-state index contributed by atoms with van der Waals surface area (Å²) >= 11 is 1.58. The number of aromatic nitrogens is 2. The highest BCUT2D eigenvalue weighted by Gasteiger charge is 2.06. The largest absolute Gasteiger partial charge is 0.416 e. The van der Waals surface area contributed by atoms with Crippen molar-refractivity contribution < 1.29 is 4.42 Å². The monoisotopic (exact) mass is 277 g/mol. The van der Waals surface area contributed by atoms with Crippen molar-refractivity contribution in [3.8, 4) is 0 Å². The molecule has 0 unspecified atom stereocenters. The second kappa shape index (κ2) is 7.96. The van der Waals surface area contributed by atoms with Gasteiger partial charge in [0.2, 0.25) is 5.89 Å². The molecule has 0 saturated carbocycles. The Labute approximate surface area is 117 Å². The Bertz CT molecular complexity index is 473. The summed E-state index contributed by atoms with van der Waals surface area (Å²) < 4.78 is 5.60. The van der Waals surface area contributed by atoms with Gasteiger partial charge in [0.05, 0.1) is 0 Å². The molecule has 0 amide bonds. The zero-order valence-electron chi connectivity index (χ0n) is 10.9. The Hall–Kier alpha value is -1.33. The SMILES string of the molecule is NCCCCCc1nnc(SCc2ccccc2)o1. The molecule has 0 aliphatic rings. The molecule has 102 valence electrons. The molecule has 0 aliphatic carbocycles. The lowest BCUT2D eigenvalue weighted by Crippen LogP contribution is -1.98. The minimum atomic E-state index is 0.651. The third-order valence-corrected chi connectivity index (χ3v) is 3.64. The summed E-state index contributed by atoms with van der Waals surface area (Å²) in [5, 5.41) is 8.76. The van der Waals surface area contributed by atoms with E-state index >= 15 is 0 Å². The second-order valence-electron chi connectivity index (χ2n) is 4.34. The third-order valence-electron chi connectivity index (χ3n) is 2.75. The number of aryl methyl sites for hydroxylation is 1. The normalized spacial score (nSPS) is 10.8. The number of nitrogens with two attached hydrogens (primary N) is 1. The predicted octanol–water partition coefficient (Wildman–Crippen LogP) is 3.03. The fraction of sp³-hybridized carbons (Fsp3) is 0.429.